The molecule has 1 aromatic rings. The molecule has 1 aromatic carbocycles. The van der Waals surface area contributed by atoms with Gasteiger partial charge >= 0.3 is 5.97 Å². The van der Waals surface area contributed by atoms with Crippen LogP contribution in [0.5, 0.6) is 0 Å². The molecule has 0 spiro atoms. The van der Waals surface area contributed by atoms with Crippen molar-refractivity contribution in [1.82, 2.24) is 4.90 Å². The van der Waals surface area contributed by atoms with Crippen LogP contribution in [0.2, 0.25) is 0 Å². The Hall–Kier alpha value is -1.39. The molecule has 4 nitrogen and oxygen atoms in total. The first-order chi connectivity index (χ1) is 8.79. The zero-order valence-corrected chi connectivity index (χ0v) is 10.7. The van der Waals surface area contributed by atoms with Gasteiger partial charge in [0.25, 0.3) is 0 Å². The van der Waals surface area contributed by atoms with Crippen molar-refractivity contribution in [3.05, 3.63) is 35.9 Å². The van der Waals surface area contributed by atoms with Crippen molar-refractivity contribution in [3.8, 4) is 0 Å². The Morgan fingerprint density at radius 1 is 1.33 bits per heavy atom. The smallest absolute Gasteiger partial charge is 0.311 e. The molecule has 0 amide bonds. The van der Waals surface area contributed by atoms with Crippen LogP contribution in [0, 0.1) is 5.92 Å². The molecule has 0 N–H and O–H groups in total. The Balaban J connectivity index is 1.54. The van der Waals surface area contributed by atoms with E-state index < -0.39 is 0 Å². The largest absolute Gasteiger partial charge is 0.469 e. The molecule has 1 heterocycles. The molecule has 18 heavy (non-hydrogen) atoms. The number of likely N-dealkylation sites (tertiary alicyclic amines) is 1. The van der Waals surface area contributed by atoms with Gasteiger partial charge < -0.3 is 9.47 Å². The van der Waals surface area contributed by atoms with E-state index in [4.69, 9.17) is 4.74 Å². The van der Waals surface area contributed by atoms with Crippen molar-refractivity contribution < 1.29 is 14.3 Å². The number of carbonyl (C=O) groups is 1. The minimum absolute atomic E-state index is 0.0594. The zero-order valence-electron chi connectivity index (χ0n) is 10.7. The second kappa shape index (κ2) is 6.52. The Kier molecular flexibility index (Phi) is 4.73. The van der Waals surface area contributed by atoms with Gasteiger partial charge in [0.05, 0.1) is 26.2 Å². The maximum atomic E-state index is 11.2. The van der Waals surface area contributed by atoms with E-state index in [2.05, 4.69) is 21.8 Å². The number of hydrogen-bond donors (Lipinski definition) is 0. The second-order valence-corrected chi connectivity index (χ2v) is 4.52. The van der Waals surface area contributed by atoms with Gasteiger partial charge in [-0.2, -0.15) is 0 Å². The van der Waals surface area contributed by atoms with E-state index in [-0.39, 0.29) is 11.9 Å². The van der Waals surface area contributed by atoms with Gasteiger partial charge in [-0.05, 0) is 5.56 Å². The summed E-state index contributed by atoms with van der Waals surface area (Å²) in [7, 11) is 1.44. The van der Waals surface area contributed by atoms with Gasteiger partial charge in [-0.3, -0.25) is 9.69 Å². The van der Waals surface area contributed by atoms with Gasteiger partial charge in [0.2, 0.25) is 0 Å². The third-order valence-electron chi connectivity index (χ3n) is 3.16. The lowest BCUT2D eigenvalue weighted by Crippen LogP contribution is -2.51. The van der Waals surface area contributed by atoms with Crippen molar-refractivity contribution in [3.63, 3.8) is 0 Å². The molecule has 0 aromatic heterocycles. The third kappa shape index (κ3) is 3.55. The summed E-state index contributed by atoms with van der Waals surface area (Å²) in [6.45, 7) is 3.81. The first kappa shape index (κ1) is 13.1. The van der Waals surface area contributed by atoms with Gasteiger partial charge in [-0.25, -0.2) is 0 Å². The Bertz CT molecular complexity index is 374. The maximum Gasteiger partial charge on any atom is 0.311 e. The van der Waals surface area contributed by atoms with Crippen molar-refractivity contribution in [2.75, 3.05) is 33.4 Å². The number of esters is 1. The fourth-order valence-corrected chi connectivity index (χ4v) is 2.03. The summed E-state index contributed by atoms with van der Waals surface area (Å²) in [4.78, 5) is 13.4. The average Bonchev–Trinajstić information content (AvgIpc) is 2.37. The standard InChI is InChI=1S/C14H19NO3/c1-17-14(16)13-9-15(10-13)7-8-18-11-12-5-3-2-4-6-12/h2-6,13H,7-11H2,1H3. The summed E-state index contributed by atoms with van der Waals surface area (Å²) in [5, 5.41) is 0. The van der Waals surface area contributed by atoms with E-state index in [1.165, 1.54) is 12.7 Å². The summed E-state index contributed by atoms with van der Waals surface area (Å²) in [6, 6.07) is 10.1. The topological polar surface area (TPSA) is 38.8 Å². The van der Waals surface area contributed by atoms with Crippen LogP contribution in [-0.4, -0.2) is 44.2 Å². The summed E-state index contributed by atoms with van der Waals surface area (Å²) >= 11 is 0. The van der Waals surface area contributed by atoms with Crippen LogP contribution in [-0.2, 0) is 20.9 Å². The fraction of sp³-hybridized carbons (Fsp3) is 0.500. The van der Waals surface area contributed by atoms with Crippen molar-refractivity contribution in [2.24, 2.45) is 5.92 Å². The number of benzene rings is 1. The molecule has 1 saturated heterocycles. The molecule has 4 heteroatoms. The van der Waals surface area contributed by atoms with Crippen LogP contribution in [0.15, 0.2) is 30.3 Å². The minimum atomic E-state index is -0.101. The van der Waals surface area contributed by atoms with Gasteiger partial charge in [-0.1, -0.05) is 30.3 Å². The van der Waals surface area contributed by atoms with E-state index in [1.54, 1.807) is 0 Å². The SMILES string of the molecule is COC(=O)C1CN(CCOCc2ccccc2)C1. The van der Waals surface area contributed by atoms with Gasteiger partial charge in [0.1, 0.15) is 0 Å². The quantitative estimate of drug-likeness (QED) is 0.563. The van der Waals surface area contributed by atoms with Gasteiger partial charge in [0.15, 0.2) is 0 Å². The molecule has 98 valence electrons. The van der Waals surface area contributed by atoms with Crippen LogP contribution >= 0.6 is 0 Å². The molecule has 0 bridgehead atoms. The highest BCUT2D eigenvalue weighted by Gasteiger charge is 2.32. The van der Waals surface area contributed by atoms with E-state index in [0.717, 1.165) is 19.6 Å². The Morgan fingerprint density at radius 2 is 2.06 bits per heavy atom. The molecule has 1 fully saturated rings. The highest BCUT2D eigenvalue weighted by molar-refractivity contribution is 5.73. The molecular weight excluding hydrogens is 230 g/mol. The predicted octanol–water partition coefficient (Wildman–Crippen LogP) is 1.31. The normalized spacial score (nSPS) is 16.3. The maximum absolute atomic E-state index is 11.2. The summed E-state index contributed by atoms with van der Waals surface area (Å²) in [6.07, 6.45) is 0. The summed E-state index contributed by atoms with van der Waals surface area (Å²) < 4.78 is 10.3. The predicted molar refractivity (Wildman–Crippen MR) is 68.0 cm³/mol. The average molecular weight is 249 g/mol. The van der Waals surface area contributed by atoms with Crippen LogP contribution in [0.3, 0.4) is 0 Å². The molecule has 0 saturated carbocycles. The lowest BCUT2D eigenvalue weighted by atomic mass is 10.0. The Labute approximate surface area is 107 Å². The molecule has 0 unspecified atom stereocenters. The lowest BCUT2D eigenvalue weighted by Gasteiger charge is -2.37. The van der Waals surface area contributed by atoms with E-state index in [9.17, 15) is 4.79 Å². The molecule has 1 aliphatic heterocycles. The van der Waals surface area contributed by atoms with Crippen molar-refractivity contribution in [1.29, 1.82) is 0 Å². The van der Waals surface area contributed by atoms with Crippen molar-refractivity contribution in [2.45, 2.75) is 6.61 Å². The molecule has 2 rings (SSSR count). The lowest BCUT2D eigenvalue weighted by molar-refractivity contribution is -0.151. The van der Waals surface area contributed by atoms with Crippen LogP contribution < -0.4 is 0 Å². The fourth-order valence-electron chi connectivity index (χ4n) is 2.03. The third-order valence-corrected chi connectivity index (χ3v) is 3.16. The van der Waals surface area contributed by atoms with Gasteiger partial charge in [-0.15, -0.1) is 0 Å². The van der Waals surface area contributed by atoms with E-state index in [0.29, 0.717) is 13.2 Å². The summed E-state index contributed by atoms with van der Waals surface area (Å²) in [5.74, 6) is -0.0411. The van der Waals surface area contributed by atoms with E-state index in [1.807, 2.05) is 18.2 Å². The highest BCUT2D eigenvalue weighted by Crippen LogP contribution is 2.16. The number of hydrogen-bond acceptors (Lipinski definition) is 4. The van der Waals surface area contributed by atoms with Crippen molar-refractivity contribution >= 4 is 5.97 Å². The number of methoxy groups -OCH3 is 1. The monoisotopic (exact) mass is 249 g/mol. The zero-order chi connectivity index (χ0) is 12.8. The van der Waals surface area contributed by atoms with Crippen LogP contribution in [0.25, 0.3) is 0 Å². The number of rotatable bonds is 6. The highest BCUT2D eigenvalue weighted by atomic mass is 16.5. The molecular formula is C14H19NO3. The number of nitrogens with zero attached hydrogens (tertiary/aromatic N) is 1. The molecule has 0 aliphatic carbocycles. The minimum Gasteiger partial charge on any atom is -0.469 e. The van der Waals surface area contributed by atoms with Gasteiger partial charge in [0, 0.05) is 19.6 Å². The second-order valence-electron chi connectivity index (χ2n) is 4.52. The van der Waals surface area contributed by atoms with Crippen LogP contribution in [0.4, 0.5) is 0 Å². The summed E-state index contributed by atoms with van der Waals surface area (Å²) in [5.41, 5.74) is 1.19. The molecule has 0 atom stereocenters. The molecule has 0 radical (unpaired) electrons. The first-order valence-corrected chi connectivity index (χ1v) is 6.21. The Morgan fingerprint density at radius 3 is 2.72 bits per heavy atom. The van der Waals surface area contributed by atoms with E-state index >= 15 is 0 Å². The number of ether oxygens (including phenoxy) is 2. The number of carbonyl (C=O) groups excluding carboxylic acids is 1. The molecule has 1 aliphatic rings. The van der Waals surface area contributed by atoms with Crippen LogP contribution in [0.1, 0.15) is 5.56 Å². The first-order valence-electron chi connectivity index (χ1n) is 6.21.